The number of carbonyl (C=O) groups is 1. The molecule has 1 aromatic rings. The van der Waals surface area contributed by atoms with Gasteiger partial charge < -0.3 is 10.6 Å². The maximum Gasteiger partial charge on any atom is 0.285 e. The van der Waals surface area contributed by atoms with Crippen molar-refractivity contribution in [3.63, 3.8) is 0 Å². The molecule has 7 heteroatoms. The number of nitrogens with one attached hydrogen (secondary N) is 2. The molecule has 1 aliphatic rings. The molecular formula is C12H14BrN3O3. The molecule has 19 heavy (non-hydrogen) atoms. The van der Waals surface area contributed by atoms with Crippen LogP contribution in [-0.2, 0) is 4.79 Å². The first-order valence-corrected chi connectivity index (χ1v) is 6.85. The zero-order chi connectivity index (χ0) is 13.8. The number of piperidine rings is 1. The fraction of sp³-hybridized carbons (Fsp3) is 0.417. The average Bonchev–Trinajstić information content (AvgIpc) is 2.41. The van der Waals surface area contributed by atoms with Crippen LogP contribution in [-0.4, -0.2) is 23.4 Å². The Balaban J connectivity index is 2.08. The Labute approximate surface area is 118 Å². The summed E-state index contributed by atoms with van der Waals surface area (Å²) in [5, 5.41) is 16.7. The van der Waals surface area contributed by atoms with Gasteiger partial charge in [-0.2, -0.15) is 0 Å². The molecule has 0 bridgehead atoms. The van der Waals surface area contributed by atoms with Gasteiger partial charge in [-0.1, -0.05) is 6.42 Å². The highest BCUT2D eigenvalue weighted by Gasteiger charge is 2.21. The number of anilines is 1. The van der Waals surface area contributed by atoms with E-state index in [1.54, 1.807) is 12.1 Å². The highest BCUT2D eigenvalue weighted by atomic mass is 79.9. The Bertz CT molecular complexity index is 501. The second kappa shape index (κ2) is 6.12. The number of nitrogens with zero attached hydrogens (tertiary/aromatic N) is 1. The monoisotopic (exact) mass is 327 g/mol. The van der Waals surface area contributed by atoms with E-state index >= 15 is 0 Å². The third kappa shape index (κ3) is 3.51. The van der Waals surface area contributed by atoms with Gasteiger partial charge in [0.25, 0.3) is 5.69 Å². The van der Waals surface area contributed by atoms with Crippen LogP contribution in [0.2, 0.25) is 0 Å². The molecule has 6 nitrogen and oxygen atoms in total. The molecule has 0 unspecified atom stereocenters. The van der Waals surface area contributed by atoms with Crippen molar-refractivity contribution in [3.05, 3.63) is 32.8 Å². The molecule has 2 rings (SSSR count). The van der Waals surface area contributed by atoms with E-state index in [2.05, 4.69) is 26.6 Å². The van der Waals surface area contributed by atoms with Crippen LogP contribution in [0.3, 0.4) is 0 Å². The second-order valence-corrected chi connectivity index (χ2v) is 5.27. The lowest BCUT2D eigenvalue weighted by Gasteiger charge is -2.22. The van der Waals surface area contributed by atoms with Gasteiger partial charge in [-0.05, 0) is 47.4 Å². The lowest BCUT2D eigenvalue weighted by atomic mass is 10.0. The van der Waals surface area contributed by atoms with Crippen molar-refractivity contribution in [1.29, 1.82) is 0 Å². The summed E-state index contributed by atoms with van der Waals surface area (Å²) in [6, 6.07) is 4.33. The molecule has 1 heterocycles. The van der Waals surface area contributed by atoms with Crippen LogP contribution in [0.25, 0.3) is 0 Å². The lowest BCUT2D eigenvalue weighted by Crippen LogP contribution is -2.43. The van der Waals surface area contributed by atoms with Crippen LogP contribution in [0.5, 0.6) is 0 Å². The summed E-state index contributed by atoms with van der Waals surface area (Å²) >= 11 is 3.11. The number of halogens is 1. The van der Waals surface area contributed by atoms with E-state index in [1.165, 1.54) is 6.07 Å². The summed E-state index contributed by atoms with van der Waals surface area (Å²) in [5.41, 5.74) is 0.377. The zero-order valence-electron chi connectivity index (χ0n) is 10.2. The summed E-state index contributed by atoms with van der Waals surface area (Å²) in [6.07, 6.45) is 2.89. The Morgan fingerprint density at radius 1 is 1.47 bits per heavy atom. The van der Waals surface area contributed by atoms with Crippen LogP contribution in [0.4, 0.5) is 11.4 Å². The molecule has 0 aromatic heterocycles. The minimum Gasteiger partial charge on any atom is -0.324 e. The number of nitro groups is 1. The van der Waals surface area contributed by atoms with Gasteiger partial charge in [0.15, 0.2) is 0 Å². The third-order valence-corrected chi connectivity index (χ3v) is 3.71. The van der Waals surface area contributed by atoms with Gasteiger partial charge in [0.1, 0.15) is 0 Å². The normalized spacial score (nSPS) is 18.9. The summed E-state index contributed by atoms with van der Waals surface area (Å²) < 4.78 is 0.395. The van der Waals surface area contributed by atoms with E-state index in [0.717, 1.165) is 25.8 Å². The summed E-state index contributed by atoms with van der Waals surface area (Å²) in [5.74, 6) is -0.142. The van der Waals surface area contributed by atoms with Crippen LogP contribution in [0, 0.1) is 10.1 Å². The lowest BCUT2D eigenvalue weighted by molar-refractivity contribution is -0.385. The SMILES string of the molecule is O=C(Nc1ccc(Br)c([N+](=O)[O-])c1)[C@H]1CCCCN1. The van der Waals surface area contributed by atoms with Gasteiger partial charge in [-0.15, -0.1) is 0 Å². The van der Waals surface area contributed by atoms with E-state index in [4.69, 9.17) is 0 Å². The predicted molar refractivity (Wildman–Crippen MR) is 75.1 cm³/mol. The van der Waals surface area contributed by atoms with Crippen molar-refractivity contribution in [2.75, 3.05) is 11.9 Å². The molecule has 1 fully saturated rings. The minimum atomic E-state index is -0.488. The molecule has 0 radical (unpaired) electrons. The maximum absolute atomic E-state index is 12.0. The van der Waals surface area contributed by atoms with Crippen molar-refractivity contribution in [1.82, 2.24) is 5.32 Å². The van der Waals surface area contributed by atoms with Gasteiger partial charge in [0.05, 0.1) is 15.4 Å². The van der Waals surface area contributed by atoms with Crippen LogP contribution in [0.1, 0.15) is 19.3 Å². The van der Waals surface area contributed by atoms with Crippen molar-refractivity contribution in [2.45, 2.75) is 25.3 Å². The molecule has 0 aliphatic carbocycles. The van der Waals surface area contributed by atoms with Gasteiger partial charge in [0.2, 0.25) is 5.91 Å². The van der Waals surface area contributed by atoms with Crippen molar-refractivity contribution >= 4 is 33.2 Å². The first-order valence-electron chi connectivity index (χ1n) is 6.06. The van der Waals surface area contributed by atoms with Gasteiger partial charge >= 0.3 is 0 Å². The maximum atomic E-state index is 12.0. The Morgan fingerprint density at radius 2 is 2.26 bits per heavy atom. The Kier molecular flexibility index (Phi) is 4.49. The molecule has 1 aromatic carbocycles. The minimum absolute atomic E-state index is 0.0607. The first kappa shape index (κ1) is 14.0. The number of rotatable bonds is 3. The number of carbonyl (C=O) groups excluding carboxylic acids is 1. The van der Waals surface area contributed by atoms with E-state index in [1.807, 2.05) is 0 Å². The quantitative estimate of drug-likeness (QED) is 0.659. The topological polar surface area (TPSA) is 84.3 Å². The second-order valence-electron chi connectivity index (χ2n) is 4.42. The highest BCUT2D eigenvalue weighted by Crippen LogP contribution is 2.28. The first-order chi connectivity index (χ1) is 9.08. The van der Waals surface area contributed by atoms with Crippen LogP contribution < -0.4 is 10.6 Å². The van der Waals surface area contributed by atoms with Crippen LogP contribution >= 0.6 is 15.9 Å². The van der Waals surface area contributed by atoms with E-state index in [9.17, 15) is 14.9 Å². The smallest absolute Gasteiger partial charge is 0.285 e. The fourth-order valence-electron chi connectivity index (χ4n) is 2.04. The number of hydrogen-bond donors (Lipinski definition) is 2. The van der Waals surface area contributed by atoms with Gasteiger partial charge in [-0.3, -0.25) is 14.9 Å². The highest BCUT2D eigenvalue weighted by molar-refractivity contribution is 9.10. The molecular weight excluding hydrogens is 314 g/mol. The number of benzene rings is 1. The molecule has 1 saturated heterocycles. The average molecular weight is 328 g/mol. The van der Waals surface area contributed by atoms with E-state index in [0.29, 0.717) is 10.2 Å². The summed E-state index contributed by atoms with van der Waals surface area (Å²) in [4.78, 5) is 22.3. The summed E-state index contributed by atoms with van der Waals surface area (Å²) in [6.45, 7) is 0.832. The van der Waals surface area contributed by atoms with Crippen molar-refractivity contribution in [3.8, 4) is 0 Å². The Morgan fingerprint density at radius 3 is 2.89 bits per heavy atom. The number of amides is 1. The Hall–Kier alpha value is -1.47. The summed E-state index contributed by atoms with van der Waals surface area (Å²) in [7, 11) is 0. The molecule has 1 aliphatic heterocycles. The van der Waals surface area contributed by atoms with Gasteiger partial charge in [-0.25, -0.2) is 0 Å². The number of nitro benzene ring substituents is 1. The zero-order valence-corrected chi connectivity index (χ0v) is 11.8. The number of hydrogen-bond acceptors (Lipinski definition) is 4. The molecule has 1 atom stereocenters. The van der Waals surface area contributed by atoms with Crippen LogP contribution in [0.15, 0.2) is 22.7 Å². The molecule has 1 amide bonds. The van der Waals surface area contributed by atoms with Gasteiger partial charge in [0, 0.05) is 11.8 Å². The molecule has 102 valence electrons. The van der Waals surface area contributed by atoms with Crippen molar-refractivity contribution < 1.29 is 9.72 Å². The molecule has 0 saturated carbocycles. The molecule has 2 N–H and O–H groups in total. The van der Waals surface area contributed by atoms with E-state index < -0.39 is 4.92 Å². The third-order valence-electron chi connectivity index (χ3n) is 3.04. The molecule has 0 spiro atoms. The fourth-order valence-corrected chi connectivity index (χ4v) is 2.43. The predicted octanol–water partition coefficient (Wildman–Crippen LogP) is 2.44. The van der Waals surface area contributed by atoms with Crippen molar-refractivity contribution in [2.24, 2.45) is 0 Å². The van der Waals surface area contributed by atoms with E-state index in [-0.39, 0.29) is 17.6 Å². The standard InChI is InChI=1S/C12H14BrN3O3/c13-9-5-4-8(7-11(9)16(18)19)15-12(17)10-3-1-2-6-14-10/h4-5,7,10,14H,1-3,6H2,(H,15,17)/t10-/m1/s1. The largest absolute Gasteiger partial charge is 0.324 e.